The average molecular weight is 210 g/mol. The Hall–Kier alpha value is -1.87. The maximum atomic E-state index is 10.7. The smallest absolute Gasteiger partial charge is 0.348 e. The van der Waals surface area contributed by atoms with Gasteiger partial charge in [0.25, 0.3) is 0 Å². The molecule has 0 aliphatic heterocycles. The van der Waals surface area contributed by atoms with Crippen LogP contribution in [-0.4, -0.2) is 17.0 Å². The normalized spacial score (nSPS) is 9.14. The third-order valence-electron chi connectivity index (χ3n) is 1.41. The lowest BCUT2D eigenvalue weighted by molar-refractivity contribution is -0.114. The van der Waals surface area contributed by atoms with Crippen LogP contribution < -0.4 is 5.32 Å². The van der Waals surface area contributed by atoms with Crippen molar-refractivity contribution in [1.82, 2.24) is 0 Å². The van der Waals surface area contributed by atoms with Gasteiger partial charge in [0.1, 0.15) is 10.9 Å². The van der Waals surface area contributed by atoms with Gasteiger partial charge in [-0.05, 0) is 0 Å². The van der Waals surface area contributed by atoms with Crippen molar-refractivity contribution in [1.29, 1.82) is 5.26 Å². The van der Waals surface area contributed by atoms with Crippen LogP contribution in [0.2, 0.25) is 0 Å². The zero-order valence-corrected chi connectivity index (χ0v) is 8.01. The summed E-state index contributed by atoms with van der Waals surface area (Å²) in [5.74, 6) is -1.55. The van der Waals surface area contributed by atoms with Crippen LogP contribution in [0.3, 0.4) is 0 Å². The molecule has 5 nitrogen and oxygen atoms in total. The number of thiophene rings is 1. The average Bonchev–Trinajstić information content (AvgIpc) is 2.46. The first-order valence-electron chi connectivity index (χ1n) is 3.58. The number of carboxylic acid groups (broad SMARTS) is 1. The van der Waals surface area contributed by atoms with Crippen molar-refractivity contribution in [3.63, 3.8) is 0 Å². The van der Waals surface area contributed by atoms with Gasteiger partial charge in [-0.3, -0.25) is 4.79 Å². The number of carbonyl (C=O) groups excluding carboxylic acids is 1. The van der Waals surface area contributed by atoms with Crippen molar-refractivity contribution in [2.45, 2.75) is 6.92 Å². The number of rotatable bonds is 2. The Morgan fingerprint density at radius 1 is 1.64 bits per heavy atom. The molecule has 0 bridgehead atoms. The van der Waals surface area contributed by atoms with E-state index in [1.165, 1.54) is 12.3 Å². The molecule has 2 N–H and O–H groups in total. The van der Waals surface area contributed by atoms with Crippen molar-refractivity contribution in [3.05, 3.63) is 15.8 Å². The highest BCUT2D eigenvalue weighted by Gasteiger charge is 2.17. The molecule has 0 aliphatic rings. The molecular formula is C8H6N2O3S. The molecule has 0 unspecified atom stereocenters. The van der Waals surface area contributed by atoms with E-state index in [4.69, 9.17) is 10.4 Å². The van der Waals surface area contributed by atoms with E-state index in [2.05, 4.69) is 5.32 Å². The summed E-state index contributed by atoms with van der Waals surface area (Å²) in [5, 5.41) is 21.1. The molecule has 6 heteroatoms. The highest BCUT2D eigenvalue weighted by Crippen LogP contribution is 2.27. The van der Waals surface area contributed by atoms with Gasteiger partial charge in [0.15, 0.2) is 0 Å². The SMILES string of the molecule is CC(=O)Nc1c(C#N)csc1C(=O)O. The van der Waals surface area contributed by atoms with Crippen LogP contribution in [0.5, 0.6) is 0 Å². The predicted octanol–water partition coefficient (Wildman–Crippen LogP) is 1.28. The summed E-state index contributed by atoms with van der Waals surface area (Å²) in [6.07, 6.45) is 0. The van der Waals surface area contributed by atoms with Crippen molar-refractivity contribution in [2.75, 3.05) is 5.32 Å². The van der Waals surface area contributed by atoms with E-state index in [1.54, 1.807) is 0 Å². The number of nitrogens with zero attached hydrogens (tertiary/aromatic N) is 1. The second-order valence-corrected chi connectivity index (χ2v) is 3.33. The predicted molar refractivity (Wildman–Crippen MR) is 50.3 cm³/mol. The number of aromatic carboxylic acids is 1. The van der Waals surface area contributed by atoms with Crippen LogP contribution in [-0.2, 0) is 4.79 Å². The van der Waals surface area contributed by atoms with Gasteiger partial charge in [-0.2, -0.15) is 5.26 Å². The lowest BCUT2D eigenvalue weighted by atomic mass is 10.2. The van der Waals surface area contributed by atoms with E-state index < -0.39 is 11.9 Å². The molecule has 1 aromatic rings. The Kier molecular flexibility index (Phi) is 2.84. The summed E-state index contributed by atoms with van der Waals surface area (Å²) in [6, 6.07) is 1.81. The van der Waals surface area contributed by atoms with E-state index in [0.717, 1.165) is 11.3 Å². The molecule has 1 rings (SSSR count). The minimum atomic E-state index is -1.15. The topological polar surface area (TPSA) is 90.2 Å². The van der Waals surface area contributed by atoms with E-state index in [0.29, 0.717) is 0 Å². The summed E-state index contributed by atoms with van der Waals surface area (Å²) in [6.45, 7) is 1.25. The van der Waals surface area contributed by atoms with Gasteiger partial charge in [-0.15, -0.1) is 11.3 Å². The van der Waals surface area contributed by atoms with E-state index in [-0.39, 0.29) is 16.1 Å². The van der Waals surface area contributed by atoms with Gasteiger partial charge in [0.05, 0.1) is 11.3 Å². The zero-order valence-electron chi connectivity index (χ0n) is 7.20. The van der Waals surface area contributed by atoms with Gasteiger partial charge in [-0.25, -0.2) is 4.79 Å². The second kappa shape index (κ2) is 3.89. The minimum Gasteiger partial charge on any atom is -0.477 e. The third kappa shape index (κ3) is 1.89. The molecule has 0 aromatic carbocycles. The minimum absolute atomic E-state index is 0.0308. The number of hydrogen-bond donors (Lipinski definition) is 2. The van der Waals surface area contributed by atoms with Crippen LogP contribution in [0, 0.1) is 11.3 Å². The van der Waals surface area contributed by atoms with Gasteiger partial charge >= 0.3 is 5.97 Å². The molecule has 0 atom stereocenters. The largest absolute Gasteiger partial charge is 0.477 e. The Labute approximate surface area is 83.6 Å². The summed E-state index contributed by atoms with van der Waals surface area (Å²) in [5.41, 5.74) is 0.250. The highest BCUT2D eigenvalue weighted by atomic mass is 32.1. The summed E-state index contributed by atoms with van der Waals surface area (Å²) in [7, 11) is 0. The Morgan fingerprint density at radius 3 is 2.71 bits per heavy atom. The standard InChI is InChI=1S/C8H6N2O3S/c1-4(11)10-6-5(2-9)3-14-7(6)8(12)13/h3H,1H3,(H,10,11)(H,12,13). The third-order valence-corrected chi connectivity index (χ3v) is 2.37. The molecule has 1 amide bonds. The fourth-order valence-corrected chi connectivity index (χ4v) is 1.68. The van der Waals surface area contributed by atoms with Crippen LogP contribution in [0.1, 0.15) is 22.2 Å². The van der Waals surface area contributed by atoms with Crippen molar-refractivity contribution >= 4 is 28.9 Å². The van der Waals surface area contributed by atoms with E-state index >= 15 is 0 Å². The molecular weight excluding hydrogens is 204 g/mol. The first-order chi connectivity index (χ1) is 6.56. The maximum absolute atomic E-state index is 10.7. The monoisotopic (exact) mass is 210 g/mol. The summed E-state index contributed by atoms with van der Waals surface area (Å²) in [4.78, 5) is 21.4. The zero-order chi connectivity index (χ0) is 10.7. The first-order valence-corrected chi connectivity index (χ1v) is 4.46. The molecule has 0 saturated heterocycles. The number of anilines is 1. The van der Waals surface area contributed by atoms with Crippen molar-refractivity contribution < 1.29 is 14.7 Å². The van der Waals surface area contributed by atoms with Gasteiger partial charge in [0, 0.05) is 12.3 Å². The summed E-state index contributed by atoms with van der Waals surface area (Å²) >= 11 is 0.914. The molecule has 1 heterocycles. The van der Waals surface area contributed by atoms with Crippen molar-refractivity contribution in [3.8, 4) is 6.07 Å². The molecule has 0 saturated carbocycles. The van der Waals surface area contributed by atoms with Gasteiger partial charge in [-0.1, -0.05) is 0 Å². The quantitative estimate of drug-likeness (QED) is 0.769. The molecule has 14 heavy (non-hydrogen) atoms. The molecule has 0 aliphatic carbocycles. The van der Waals surface area contributed by atoms with Crippen LogP contribution in [0.4, 0.5) is 5.69 Å². The van der Waals surface area contributed by atoms with E-state index in [1.807, 2.05) is 6.07 Å². The number of hydrogen-bond acceptors (Lipinski definition) is 4. The van der Waals surface area contributed by atoms with Gasteiger partial charge in [0.2, 0.25) is 5.91 Å². The summed E-state index contributed by atoms with van der Waals surface area (Å²) < 4.78 is 0. The fourth-order valence-electron chi connectivity index (χ4n) is 0.898. The van der Waals surface area contributed by atoms with Crippen LogP contribution in [0.25, 0.3) is 0 Å². The van der Waals surface area contributed by atoms with Crippen LogP contribution in [0.15, 0.2) is 5.38 Å². The lowest BCUT2D eigenvalue weighted by Gasteiger charge is -2.00. The molecule has 0 spiro atoms. The first kappa shape index (κ1) is 10.2. The Morgan fingerprint density at radius 2 is 2.29 bits per heavy atom. The Bertz CT molecular complexity index is 430. The molecule has 0 fully saturated rings. The van der Waals surface area contributed by atoms with E-state index in [9.17, 15) is 9.59 Å². The highest BCUT2D eigenvalue weighted by molar-refractivity contribution is 7.12. The second-order valence-electron chi connectivity index (χ2n) is 2.45. The number of carbonyl (C=O) groups is 2. The molecule has 1 aromatic heterocycles. The lowest BCUT2D eigenvalue weighted by Crippen LogP contribution is -2.09. The number of nitrogens with one attached hydrogen (secondary N) is 1. The van der Waals surface area contributed by atoms with Crippen LogP contribution >= 0.6 is 11.3 Å². The number of nitriles is 1. The van der Waals surface area contributed by atoms with Crippen molar-refractivity contribution in [2.24, 2.45) is 0 Å². The molecule has 72 valence electrons. The number of carboxylic acids is 1. The number of amides is 1. The van der Waals surface area contributed by atoms with Gasteiger partial charge < -0.3 is 10.4 Å². The Balaban J connectivity index is 3.20. The maximum Gasteiger partial charge on any atom is 0.348 e. The fraction of sp³-hybridized carbons (Fsp3) is 0.125. The molecule has 0 radical (unpaired) electrons.